The molecule has 1 aromatic carbocycles. The summed E-state index contributed by atoms with van der Waals surface area (Å²) in [6.45, 7) is 0.206. The van der Waals surface area contributed by atoms with Crippen LogP contribution in [0, 0.1) is 10.1 Å². The summed E-state index contributed by atoms with van der Waals surface area (Å²) >= 11 is 0. The summed E-state index contributed by atoms with van der Waals surface area (Å²) in [5.74, 6) is -0.596. The Morgan fingerprint density at radius 2 is 2.26 bits per heavy atom. The number of carboxylic acid groups (broad SMARTS) is 1. The number of carboxylic acids is 1. The lowest BCUT2D eigenvalue weighted by Crippen LogP contribution is -2.04. The molecule has 1 aromatic heterocycles. The summed E-state index contributed by atoms with van der Waals surface area (Å²) < 4.78 is 1.39. The van der Waals surface area contributed by atoms with Gasteiger partial charge in [-0.05, 0) is 0 Å². The van der Waals surface area contributed by atoms with Crippen LogP contribution in [0.5, 0.6) is 0 Å². The molecule has 19 heavy (non-hydrogen) atoms. The zero-order valence-electron chi connectivity index (χ0n) is 9.76. The van der Waals surface area contributed by atoms with Crippen molar-refractivity contribution in [3.8, 4) is 11.4 Å². The number of nitrogens with zero attached hydrogens (tertiary/aromatic N) is 4. The van der Waals surface area contributed by atoms with Crippen molar-refractivity contribution in [3.05, 3.63) is 40.7 Å². The number of aromatic nitrogens is 3. The minimum Gasteiger partial charge on any atom is -0.481 e. The quantitative estimate of drug-likeness (QED) is 0.642. The van der Waals surface area contributed by atoms with Crippen LogP contribution in [-0.4, -0.2) is 30.8 Å². The Morgan fingerprint density at radius 1 is 1.47 bits per heavy atom. The maximum Gasteiger partial charge on any atom is 0.305 e. The smallest absolute Gasteiger partial charge is 0.305 e. The molecule has 0 fully saturated rings. The van der Waals surface area contributed by atoms with Crippen LogP contribution < -0.4 is 0 Å². The zero-order chi connectivity index (χ0) is 13.8. The lowest BCUT2D eigenvalue weighted by atomic mass is 10.2. The lowest BCUT2D eigenvalue weighted by Gasteiger charge is -1.97. The van der Waals surface area contributed by atoms with E-state index in [1.807, 2.05) is 0 Å². The third-order valence-corrected chi connectivity index (χ3v) is 2.41. The van der Waals surface area contributed by atoms with Gasteiger partial charge in [0.2, 0.25) is 0 Å². The first-order chi connectivity index (χ1) is 9.06. The van der Waals surface area contributed by atoms with E-state index in [2.05, 4.69) is 10.1 Å². The molecule has 0 aliphatic heterocycles. The van der Waals surface area contributed by atoms with Crippen molar-refractivity contribution < 1.29 is 14.8 Å². The van der Waals surface area contributed by atoms with Gasteiger partial charge in [-0.25, -0.2) is 4.98 Å². The third kappa shape index (κ3) is 3.12. The van der Waals surface area contributed by atoms with Crippen molar-refractivity contribution in [3.63, 3.8) is 0 Å². The molecule has 0 unspecified atom stereocenters. The van der Waals surface area contributed by atoms with E-state index in [4.69, 9.17) is 5.11 Å². The number of hydrogen-bond acceptors (Lipinski definition) is 5. The molecule has 1 N–H and O–H groups in total. The Bertz CT molecular complexity index is 623. The van der Waals surface area contributed by atoms with Crippen molar-refractivity contribution in [2.24, 2.45) is 0 Å². The number of benzene rings is 1. The van der Waals surface area contributed by atoms with Crippen molar-refractivity contribution in [1.29, 1.82) is 0 Å². The Hall–Kier alpha value is -2.77. The number of non-ortho nitro benzene ring substituents is 1. The fraction of sp³-hybridized carbons (Fsp3) is 0.182. The van der Waals surface area contributed by atoms with Crippen LogP contribution in [0.2, 0.25) is 0 Å². The van der Waals surface area contributed by atoms with Crippen molar-refractivity contribution in [1.82, 2.24) is 14.8 Å². The van der Waals surface area contributed by atoms with Gasteiger partial charge in [0.1, 0.15) is 6.33 Å². The Kier molecular flexibility index (Phi) is 3.51. The van der Waals surface area contributed by atoms with E-state index in [0.29, 0.717) is 11.4 Å². The predicted octanol–water partition coefficient (Wildman–Crippen LogP) is 1.33. The van der Waals surface area contributed by atoms with Crippen LogP contribution >= 0.6 is 0 Å². The molecule has 0 spiro atoms. The Balaban J connectivity index is 2.20. The molecule has 0 amide bonds. The van der Waals surface area contributed by atoms with Gasteiger partial charge in [-0.3, -0.25) is 19.6 Å². The maximum atomic E-state index is 10.7. The standard InChI is InChI=1S/C11H10N4O4/c16-10(17)4-5-14-7-12-11(13-14)8-2-1-3-9(6-8)15(18)19/h1-3,6-7H,4-5H2,(H,16,17). The largest absolute Gasteiger partial charge is 0.481 e. The van der Waals surface area contributed by atoms with Gasteiger partial charge in [0, 0.05) is 17.7 Å². The van der Waals surface area contributed by atoms with Gasteiger partial charge >= 0.3 is 5.97 Å². The molecular weight excluding hydrogens is 252 g/mol. The van der Waals surface area contributed by atoms with E-state index in [9.17, 15) is 14.9 Å². The Morgan fingerprint density at radius 3 is 2.95 bits per heavy atom. The molecule has 2 rings (SSSR count). The van der Waals surface area contributed by atoms with Gasteiger partial charge in [0.15, 0.2) is 5.82 Å². The molecule has 0 atom stereocenters. The summed E-state index contributed by atoms with van der Waals surface area (Å²) in [6, 6.07) is 5.96. The van der Waals surface area contributed by atoms with Crippen LogP contribution in [-0.2, 0) is 11.3 Å². The number of aryl methyl sites for hydroxylation is 1. The monoisotopic (exact) mass is 262 g/mol. The summed E-state index contributed by atoms with van der Waals surface area (Å²) in [6.07, 6.45) is 1.34. The normalized spacial score (nSPS) is 10.3. The lowest BCUT2D eigenvalue weighted by molar-refractivity contribution is -0.384. The number of nitro benzene ring substituents is 1. The molecule has 1 heterocycles. The zero-order valence-corrected chi connectivity index (χ0v) is 9.76. The molecule has 0 radical (unpaired) electrons. The third-order valence-electron chi connectivity index (χ3n) is 2.41. The molecule has 2 aromatic rings. The summed E-state index contributed by atoms with van der Waals surface area (Å²) in [4.78, 5) is 24.6. The van der Waals surface area contributed by atoms with E-state index >= 15 is 0 Å². The highest BCUT2D eigenvalue weighted by atomic mass is 16.6. The minimum atomic E-state index is -0.924. The SMILES string of the molecule is O=C(O)CCn1cnc(-c2cccc([N+](=O)[O-])c2)n1. The summed E-state index contributed by atoms with van der Waals surface area (Å²) in [5, 5.41) is 23.3. The van der Waals surface area contributed by atoms with Crippen LogP contribution in [0.15, 0.2) is 30.6 Å². The van der Waals surface area contributed by atoms with Gasteiger partial charge in [-0.15, -0.1) is 0 Å². The molecule has 98 valence electrons. The summed E-state index contributed by atoms with van der Waals surface area (Å²) in [5.41, 5.74) is 0.475. The van der Waals surface area contributed by atoms with Gasteiger partial charge in [-0.2, -0.15) is 5.10 Å². The molecule has 0 saturated heterocycles. The van der Waals surface area contributed by atoms with Crippen LogP contribution in [0.25, 0.3) is 11.4 Å². The van der Waals surface area contributed by atoms with E-state index in [-0.39, 0.29) is 18.7 Å². The first kappa shape index (κ1) is 12.7. The van der Waals surface area contributed by atoms with Crippen LogP contribution in [0.1, 0.15) is 6.42 Å². The number of rotatable bonds is 5. The van der Waals surface area contributed by atoms with E-state index in [0.717, 1.165) is 0 Å². The fourth-order valence-electron chi connectivity index (χ4n) is 1.50. The van der Waals surface area contributed by atoms with Crippen molar-refractivity contribution >= 4 is 11.7 Å². The molecule has 8 nitrogen and oxygen atoms in total. The van der Waals surface area contributed by atoms with E-state index in [1.54, 1.807) is 12.1 Å². The highest BCUT2D eigenvalue weighted by Gasteiger charge is 2.10. The molecule has 8 heteroatoms. The van der Waals surface area contributed by atoms with Crippen molar-refractivity contribution in [2.75, 3.05) is 0 Å². The van der Waals surface area contributed by atoms with Gasteiger partial charge < -0.3 is 5.11 Å². The second-order valence-corrected chi connectivity index (χ2v) is 3.78. The average molecular weight is 262 g/mol. The number of aliphatic carboxylic acids is 1. The van der Waals surface area contributed by atoms with Gasteiger partial charge in [0.05, 0.1) is 17.9 Å². The summed E-state index contributed by atoms with van der Waals surface area (Å²) in [7, 11) is 0. The highest BCUT2D eigenvalue weighted by Crippen LogP contribution is 2.20. The predicted molar refractivity (Wildman–Crippen MR) is 64.4 cm³/mol. The molecule has 0 bridgehead atoms. The second kappa shape index (κ2) is 5.25. The van der Waals surface area contributed by atoms with Crippen molar-refractivity contribution in [2.45, 2.75) is 13.0 Å². The van der Waals surface area contributed by atoms with Crippen LogP contribution in [0.3, 0.4) is 0 Å². The number of nitro groups is 1. The van der Waals surface area contributed by atoms with E-state index < -0.39 is 10.9 Å². The first-order valence-corrected chi connectivity index (χ1v) is 5.42. The van der Waals surface area contributed by atoms with Gasteiger partial charge in [0.25, 0.3) is 5.69 Å². The van der Waals surface area contributed by atoms with E-state index in [1.165, 1.54) is 23.1 Å². The maximum absolute atomic E-state index is 10.7. The second-order valence-electron chi connectivity index (χ2n) is 3.78. The van der Waals surface area contributed by atoms with Gasteiger partial charge in [-0.1, -0.05) is 12.1 Å². The topological polar surface area (TPSA) is 111 Å². The highest BCUT2D eigenvalue weighted by molar-refractivity contribution is 5.66. The molecule has 0 saturated carbocycles. The minimum absolute atomic E-state index is 0.0422. The molecule has 0 aliphatic rings. The molecular formula is C11H10N4O4. The number of carbonyl (C=O) groups is 1. The van der Waals surface area contributed by atoms with Crippen LogP contribution in [0.4, 0.5) is 5.69 Å². The molecule has 0 aliphatic carbocycles. The first-order valence-electron chi connectivity index (χ1n) is 5.42. The average Bonchev–Trinajstić information content (AvgIpc) is 2.85. The number of hydrogen-bond donors (Lipinski definition) is 1. The Labute approximate surface area is 107 Å². The fourth-order valence-corrected chi connectivity index (χ4v) is 1.50.